The third-order valence-electron chi connectivity index (χ3n) is 13.4. The molecule has 1 aliphatic heterocycles. The van der Waals surface area contributed by atoms with Crippen LogP contribution in [0.4, 0.5) is 5.69 Å². The van der Waals surface area contributed by atoms with Gasteiger partial charge in [0.15, 0.2) is 0 Å². The van der Waals surface area contributed by atoms with Gasteiger partial charge in [0, 0.05) is 49.8 Å². The molecule has 67 heavy (non-hydrogen) atoms. The van der Waals surface area contributed by atoms with Crippen LogP contribution in [0.2, 0.25) is 0 Å². The fourth-order valence-corrected chi connectivity index (χ4v) is 9.32. The first-order valence-electron chi connectivity index (χ1n) is 23.7. The van der Waals surface area contributed by atoms with Gasteiger partial charge in [-0.1, -0.05) is 224 Å². The van der Waals surface area contributed by atoms with Crippen LogP contribution in [0.1, 0.15) is 154 Å². The van der Waals surface area contributed by atoms with E-state index in [1.54, 1.807) is 0 Å². The molecule has 1 unspecified atom stereocenters. The Hall–Kier alpha value is -5.37. The summed E-state index contributed by atoms with van der Waals surface area (Å²) in [6, 6.07) is 50.2. The molecule has 6 aromatic carbocycles. The number of phenols is 1. The van der Waals surface area contributed by atoms with E-state index in [4.69, 9.17) is 9.98 Å². The zero-order valence-electron chi connectivity index (χ0n) is 42.4. The SMILES string of the molecule is CC(C)(C)c1cc(-c2cc(-c3ccccc3)c(C(C)(C)C)cn2)[c-]c(-c2cccc3c2N=C(c2cc(C(C)(C)C)cc(C(C)(C)C)c2O)C3c2ccc(C(C)(C)C)cc2-c2ccccc2)c1.[Pt]. The number of aromatic hydroxyl groups is 1. The molecule has 4 heteroatoms. The maximum Gasteiger partial charge on any atom is 0.128 e. The van der Waals surface area contributed by atoms with Gasteiger partial charge in [0.1, 0.15) is 5.75 Å². The molecule has 1 N–H and O–H groups in total. The van der Waals surface area contributed by atoms with E-state index < -0.39 is 0 Å². The zero-order chi connectivity index (χ0) is 47.7. The molecule has 7 aromatic rings. The number of para-hydroxylation sites is 1. The Morgan fingerprint density at radius 1 is 0.448 bits per heavy atom. The Morgan fingerprint density at radius 3 is 1.55 bits per heavy atom. The van der Waals surface area contributed by atoms with Gasteiger partial charge in [0.2, 0.25) is 0 Å². The first kappa shape index (κ1) is 49.5. The number of phenolic OH excluding ortho intramolecular Hbond substituents is 1. The molecule has 0 saturated heterocycles. The molecule has 1 aliphatic rings. The van der Waals surface area contributed by atoms with Crippen molar-refractivity contribution < 1.29 is 26.2 Å². The summed E-state index contributed by atoms with van der Waals surface area (Å²) in [5.74, 6) is 0.0205. The molecule has 0 bridgehead atoms. The number of fused-ring (bicyclic) bond motifs is 1. The van der Waals surface area contributed by atoms with Gasteiger partial charge in [0.05, 0.1) is 11.6 Å². The van der Waals surface area contributed by atoms with E-state index in [1.807, 2.05) is 0 Å². The number of aromatic nitrogens is 1. The van der Waals surface area contributed by atoms with Gasteiger partial charge in [-0.05, 0) is 83.2 Å². The molecular weight excluding hydrogens is 996 g/mol. The molecule has 0 fully saturated rings. The second kappa shape index (κ2) is 17.9. The molecule has 0 aliphatic carbocycles. The largest absolute Gasteiger partial charge is 0.507 e. The van der Waals surface area contributed by atoms with Crippen LogP contribution in [0.5, 0.6) is 5.75 Å². The second-order valence-corrected chi connectivity index (χ2v) is 23.7. The minimum atomic E-state index is -0.311. The Balaban J connectivity index is 0.00000666. The van der Waals surface area contributed by atoms with Crippen molar-refractivity contribution in [3.05, 3.63) is 184 Å². The molecule has 1 aromatic heterocycles. The van der Waals surface area contributed by atoms with Gasteiger partial charge < -0.3 is 5.11 Å². The summed E-state index contributed by atoms with van der Waals surface area (Å²) < 4.78 is 0. The van der Waals surface area contributed by atoms with Gasteiger partial charge in [-0.2, -0.15) is 0 Å². The first-order valence-corrected chi connectivity index (χ1v) is 23.7. The Labute approximate surface area is 416 Å². The van der Waals surface area contributed by atoms with Gasteiger partial charge in [0.25, 0.3) is 0 Å². The van der Waals surface area contributed by atoms with Crippen molar-refractivity contribution in [2.75, 3.05) is 0 Å². The minimum absolute atomic E-state index is 0. The molecule has 0 amide bonds. The summed E-state index contributed by atoms with van der Waals surface area (Å²) in [6.07, 6.45) is 2.07. The third kappa shape index (κ3) is 9.96. The van der Waals surface area contributed by atoms with E-state index in [0.717, 1.165) is 61.6 Å². The number of rotatable bonds is 6. The summed E-state index contributed by atoms with van der Waals surface area (Å²) in [4.78, 5) is 11.0. The second-order valence-electron chi connectivity index (χ2n) is 23.7. The van der Waals surface area contributed by atoms with E-state index >= 15 is 0 Å². The number of benzene rings is 6. The zero-order valence-corrected chi connectivity index (χ0v) is 44.7. The number of aliphatic imine (C=N–C) groups is 1. The number of pyridine rings is 1. The van der Waals surface area contributed by atoms with Crippen molar-refractivity contribution in [2.45, 2.75) is 137 Å². The summed E-state index contributed by atoms with van der Waals surface area (Å²) in [5, 5.41) is 12.6. The number of hydrogen-bond acceptors (Lipinski definition) is 3. The van der Waals surface area contributed by atoms with Crippen LogP contribution in [0.25, 0.3) is 44.6 Å². The molecule has 348 valence electrons. The number of nitrogens with zero attached hydrogens (tertiary/aromatic N) is 2. The summed E-state index contributed by atoms with van der Waals surface area (Å²) in [6.45, 7) is 33.7. The van der Waals surface area contributed by atoms with Crippen molar-refractivity contribution >= 4 is 11.4 Å². The molecular formula is C63H69N2OPt-. The molecule has 0 spiro atoms. The van der Waals surface area contributed by atoms with E-state index in [1.165, 1.54) is 38.9 Å². The van der Waals surface area contributed by atoms with Crippen LogP contribution < -0.4 is 0 Å². The normalized spacial score (nSPS) is 14.4. The molecule has 8 rings (SSSR count). The summed E-state index contributed by atoms with van der Waals surface area (Å²) >= 11 is 0. The van der Waals surface area contributed by atoms with E-state index in [2.05, 4.69) is 244 Å². The van der Waals surface area contributed by atoms with E-state index in [9.17, 15) is 5.11 Å². The Bertz CT molecular complexity index is 2980. The van der Waals surface area contributed by atoms with Crippen molar-refractivity contribution in [3.63, 3.8) is 0 Å². The first-order chi connectivity index (χ1) is 30.8. The molecule has 2 heterocycles. The third-order valence-corrected chi connectivity index (χ3v) is 13.4. The van der Waals surface area contributed by atoms with Crippen molar-refractivity contribution in [3.8, 4) is 50.4 Å². The fourth-order valence-electron chi connectivity index (χ4n) is 9.32. The monoisotopic (exact) mass is 1060 g/mol. The van der Waals surface area contributed by atoms with Crippen LogP contribution in [-0.2, 0) is 48.1 Å². The topological polar surface area (TPSA) is 45.5 Å². The molecule has 0 radical (unpaired) electrons. The Morgan fingerprint density at radius 2 is 0.985 bits per heavy atom. The summed E-state index contributed by atoms with van der Waals surface area (Å²) in [7, 11) is 0. The number of hydrogen-bond donors (Lipinski definition) is 1. The van der Waals surface area contributed by atoms with Crippen molar-refractivity contribution in [1.29, 1.82) is 0 Å². The summed E-state index contributed by atoms with van der Waals surface area (Å²) in [5.41, 5.74) is 18.2. The maximum absolute atomic E-state index is 12.6. The van der Waals surface area contributed by atoms with E-state index in [-0.39, 0.29) is 54.1 Å². The smallest absolute Gasteiger partial charge is 0.128 e. The predicted octanol–water partition coefficient (Wildman–Crippen LogP) is 17.0. The van der Waals surface area contributed by atoms with Gasteiger partial charge in [-0.25, -0.2) is 0 Å². The maximum atomic E-state index is 12.6. The molecule has 3 nitrogen and oxygen atoms in total. The minimum Gasteiger partial charge on any atom is -0.507 e. The van der Waals surface area contributed by atoms with Gasteiger partial charge >= 0.3 is 0 Å². The average molecular weight is 1070 g/mol. The van der Waals surface area contributed by atoms with Crippen LogP contribution in [-0.4, -0.2) is 15.8 Å². The van der Waals surface area contributed by atoms with Crippen molar-refractivity contribution in [2.24, 2.45) is 4.99 Å². The Kier molecular flexibility index (Phi) is 13.3. The van der Waals surface area contributed by atoms with Gasteiger partial charge in [-0.15, -0.1) is 29.3 Å². The van der Waals surface area contributed by atoms with Crippen molar-refractivity contribution in [1.82, 2.24) is 4.98 Å². The van der Waals surface area contributed by atoms with Crippen LogP contribution in [0, 0.1) is 6.07 Å². The molecule has 1 atom stereocenters. The van der Waals surface area contributed by atoms with Crippen LogP contribution in [0.3, 0.4) is 0 Å². The standard InChI is InChI=1S/C63H69N2O.Pt/c1-59(2,3)43-29-30-47(49(34-43)39-23-18-16-19-24-39)55-48-28-22-27-46(56(48)65-57(55)51-35-45(61(7,8)9)36-52(58(51)66)62(10,11)12)41-31-42(33-44(32-41)60(4,5)6)54-37-50(40-25-20-17-21-26-40)53(38-64-54)63(13,14)15;/h16-30,32-38,55,66H,1-15H3;/q-1;. The predicted molar refractivity (Wildman–Crippen MR) is 281 cm³/mol. The van der Waals surface area contributed by atoms with Crippen LogP contribution in [0.15, 0.2) is 139 Å². The van der Waals surface area contributed by atoms with Gasteiger partial charge in [-0.3, -0.25) is 9.98 Å². The molecule has 0 saturated carbocycles. The van der Waals surface area contributed by atoms with Crippen LogP contribution >= 0.6 is 0 Å². The fraction of sp³-hybridized carbons (Fsp3) is 0.333. The quantitative estimate of drug-likeness (QED) is 0.169. The van der Waals surface area contributed by atoms with E-state index in [0.29, 0.717) is 5.75 Å². The average Bonchev–Trinajstić information content (AvgIpc) is 3.64.